The molecule has 3 aromatic rings. The van der Waals surface area contributed by atoms with Crippen LogP contribution in [0.15, 0.2) is 60.3 Å². The smallest absolute Gasteiger partial charge is 0.300 e. The van der Waals surface area contributed by atoms with Crippen LogP contribution in [0.4, 0.5) is 5.69 Å². The summed E-state index contributed by atoms with van der Waals surface area (Å²) in [6.07, 6.45) is 1.59. The Kier molecular flexibility index (Phi) is 5.88. The van der Waals surface area contributed by atoms with E-state index in [2.05, 4.69) is 4.98 Å². The van der Waals surface area contributed by atoms with E-state index in [1.54, 1.807) is 49.7 Å². The number of benzene rings is 2. The third-order valence-electron chi connectivity index (χ3n) is 6.50. The van der Waals surface area contributed by atoms with E-state index in [4.69, 9.17) is 14.2 Å². The van der Waals surface area contributed by atoms with Gasteiger partial charge in [0.1, 0.15) is 17.6 Å². The van der Waals surface area contributed by atoms with Crippen LogP contribution >= 0.6 is 0 Å². The first kappa shape index (κ1) is 23.4. The molecule has 0 aliphatic carbocycles. The van der Waals surface area contributed by atoms with Crippen LogP contribution in [0.25, 0.3) is 5.76 Å². The molecule has 1 unspecified atom stereocenters. The molecule has 1 atom stereocenters. The van der Waals surface area contributed by atoms with Gasteiger partial charge in [-0.05, 0) is 60.4 Å². The number of methoxy groups -OCH3 is 1. The maximum atomic E-state index is 13.5. The summed E-state index contributed by atoms with van der Waals surface area (Å²) >= 11 is 0. The average Bonchev–Trinajstić information content (AvgIpc) is 3.45. The molecule has 8 heteroatoms. The Morgan fingerprint density at radius 3 is 2.58 bits per heavy atom. The zero-order chi connectivity index (χ0) is 25.6. The second-order valence-corrected chi connectivity index (χ2v) is 9.03. The average molecular weight is 487 g/mol. The Hall–Kier alpha value is -4.33. The van der Waals surface area contributed by atoms with Gasteiger partial charge in [-0.15, -0.1) is 0 Å². The number of amides is 1. The fraction of sp³-hybridized carbons (Fsp3) is 0.250. The zero-order valence-electron chi connectivity index (χ0n) is 20.4. The van der Waals surface area contributed by atoms with E-state index >= 15 is 0 Å². The number of aromatic nitrogens is 1. The molecule has 1 saturated heterocycles. The van der Waals surface area contributed by atoms with Gasteiger partial charge in [0.25, 0.3) is 11.7 Å². The summed E-state index contributed by atoms with van der Waals surface area (Å²) in [6.45, 7) is 5.94. The Morgan fingerprint density at radius 1 is 1.11 bits per heavy atom. The number of rotatable bonds is 5. The fourth-order valence-electron chi connectivity index (χ4n) is 4.68. The normalized spacial score (nSPS) is 18.2. The molecule has 5 rings (SSSR count). The van der Waals surface area contributed by atoms with Crippen molar-refractivity contribution in [1.29, 1.82) is 0 Å². The van der Waals surface area contributed by atoms with Crippen molar-refractivity contribution in [3.8, 4) is 17.2 Å². The molecule has 1 aromatic heterocycles. The van der Waals surface area contributed by atoms with Gasteiger partial charge >= 0.3 is 0 Å². The Balaban J connectivity index is 1.72. The number of hydrogen-bond donors (Lipinski definition) is 1. The van der Waals surface area contributed by atoms with Crippen LogP contribution in [0.1, 0.15) is 48.2 Å². The lowest BCUT2D eigenvalue weighted by Gasteiger charge is -2.25. The van der Waals surface area contributed by atoms with Gasteiger partial charge < -0.3 is 19.3 Å². The summed E-state index contributed by atoms with van der Waals surface area (Å²) in [5, 5.41) is 11.6. The molecule has 2 aliphatic rings. The van der Waals surface area contributed by atoms with Gasteiger partial charge in [-0.25, -0.2) is 0 Å². The lowest BCUT2D eigenvalue weighted by molar-refractivity contribution is -0.132. The molecule has 3 heterocycles. The molecule has 36 heavy (non-hydrogen) atoms. The van der Waals surface area contributed by atoms with E-state index in [1.165, 1.54) is 4.90 Å². The number of carbonyl (C=O) groups excluding carboxylic acids is 2. The monoisotopic (exact) mass is 486 g/mol. The van der Waals surface area contributed by atoms with E-state index in [0.29, 0.717) is 39.8 Å². The lowest BCUT2D eigenvalue weighted by Crippen LogP contribution is -2.29. The Bertz CT molecular complexity index is 1400. The third-order valence-corrected chi connectivity index (χ3v) is 6.50. The highest BCUT2D eigenvalue weighted by Crippen LogP contribution is 2.45. The number of aliphatic hydroxyl groups excluding tert-OH is 1. The minimum Gasteiger partial charge on any atom is -0.507 e. The summed E-state index contributed by atoms with van der Waals surface area (Å²) in [4.78, 5) is 32.6. The van der Waals surface area contributed by atoms with E-state index in [0.717, 1.165) is 5.56 Å². The second kappa shape index (κ2) is 9.03. The number of nitrogens with zero attached hydrogens (tertiary/aromatic N) is 2. The van der Waals surface area contributed by atoms with Gasteiger partial charge in [0.2, 0.25) is 6.79 Å². The first-order valence-corrected chi connectivity index (χ1v) is 11.6. The van der Waals surface area contributed by atoms with Gasteiger partial charge in [-0.1, -0.05) is 19.9 Å². The van der Waals surface area contributed by atoms with Crippen LogP contribution in [0.5, 0.6) is 17.2 Å². The molecular formula is C28H26N2O6. The maximum Gasteiger partial charge on any atom is 0.300 e. The summed E-state index contributed by atoms with van der Waals surface area (Å²) in [7, 11) is 1.60. The number of pyridine rings is 1. The maximum absolute atomic E-state index is 13.5. The number of fused-ring (bicyclic) bond motifs is 1. The predicted octanol–water partition coefficient (Wildman–Crippen LogP) is 4.88. The highest BCUT2D eigenvalue weighted by atomic mass is 16.7. The number of anilines is 1. The van der Waals surface area contributed by atoms with Gasteiger partial charge in [0.05, 0.1) is 18.4 Å². The molecule has 0 radical (unpaired) electrons. The van der Waals surface area contributed by atoms with Crippen molar-refractivity contribution < 1.29 is 28.9 Å². The number of aliphatic hydroxyl groups is 1. The highest BCUT2D eigenvalue weighted by molar-refractivity contribution is 6.51. The first-order valence-electron chi connectivity index (χ1n) is 11.6. The third kappa shape index (κ3) is 3.75. The molecule has 1 amide bonds. The van der Waals surface area contributed by atoms with Crippen molar-refractivity contribution >= 4 is 23.1 Å². The molecular weight excluding hydrogens is 460 g/mol. The van der Waals surface area contributed by atoms with Gasteiger partial charge in [0.15, 0.2) is 11.5 Å². The summed E-state index contributed by atoms with van der Waals surface area (Å²) in [6, 6.07) is 13.0. The highest BCUT2D eigenvalue weighted by Gasteiger charge is 2.48. The van der Waals surface area contributed by atoms with Crippen molar-refractivity contribution in [2.45, 2.75) is 32.7 Å². The van der Waals surface area contributed by atoms with Crippen LogP contribution < -0.4 is 19.1 Å². The van der Waals surface area contributed by atoms with Crippen molar-refractivity contribution in [1.82, 2.24) is 4.98 Å². The molecule has 8 nitrogen and oxygen atoms in total. The number of Topliss-reactive ketones (excluding diaryl/α,β-unsaturated/α-hetero) is 1. The van der Waals surface area contributed by atoms with Crippen LogP contribution in [-0.4, -0.2) is 35.7 Å². The summed E-state index contributed by atoms with van der Waals surface area (Å²) in [5.74, 6) is 0.0233. The fourth-order valence-corrected chi connectivity index (χ4v) is 4.68. The molecule has 2 aromatic carbocycles. The van der Waals surface area contributed by atoms with Gasteiger partial charge in [-0.3, -0.25) is 19.5 Å². The van der Waals surface area contributed by atoms with E-state index in [-0.39, 0.29) is 24.0 Å². The minimum atomic E-state index is -0.935. The van der Waals surface area contributed by atoms with Gasteiger partial charge in [0, 0.05) is 23.5 Å². The van der Waals surface area contributed by atoms with E-state index in [1.807, 2.05) is 32.9 Å². The van der Waals surface area contributed by atoms with Crippen molar-refractivity contribution in [2.75, 3.05) is 18.8 Å². The summed E-state index contributed by atoms with van der Waals surface area (Å²) < 4.78 is 16.4. The quantitative estimate of drug-likeness (QED) is 0.312. The molecule has 2 aliphatic heterocycles. The molecule has 1 fully saturated rings. The zero-order valence-corrected chi connectivity index (χ0v) is 20.4. The van der Waals surface area contributed by atoms with Gasteiger partial charge in [-0.2, -0.15) is 0 Å². The van der Waals surface area contributed by atoms with E-state index < -0.39 is 17.7 Å². The predicted molar refractivity (Wildman–Crippen MR) is 133 cm³/mol. The molecule has 0 saturated carbocycles. The van der Waals surface area contributed by atoms with Crippen molar-refractivity contribution in [2.24, 2.45) is 0 Å². The SMILES string of the molecule is COc1cc(C)c(/C(O)=C2\C(=O)C(=O)N(c3ccc4c(c3)OCO4)C2c2ccccn2)cc1C(C)C. The Labute approximate surface area is 208 Å². The number of ketones is 1. The Morgan fingerprint density at radius 2 is 1.89 bits per heavy atom. The van der Waals surface area contributed by atoms with Crippen molar-refractivity contribution in [3.05, 3.63) is 82.7 Å². The van der Waals surface area contributed by atoms with E-state index in [9.17, 15) is 14.7 Å². The number of aryl methyl sites for hydroxylation is 1. The van der Waals surface area contributed by atoms with Crippen LogP contribution in [0.2, 0.25) is 0 Å². The number of carbonyl (C=O) groups is 2. The van der Waals surface area contributed by atoms with Crippen LogP contribution in [0, 0.1) is 6.92 Å². The number of ether oxygens (including phenoxy) is 3. The standard InChI is InChI=1S/C28H26N2O6/c1-15(2)18-13-19(16(3)11-22(18)34-4)26(31)24-25(20-7-5-6-10-29-20)30(28(33)27(24)32)17-8-9-21-23(12-17)36-14-35-21/h5-13,15,25,31H,14H2,1-4H3/b26-24+. The first-order chi connectivity index (χ1) is 17.3. The number of hydrogen-bond acceptors (Lipinski definition) is 7. The summed E-state index contributed by atoms with van der Waals surface area (Å²) in [5.41, 5.74) is 2.91. The molecule has 1 N–H and O–H groups in total. The molecule has 184 valence electrons. The molecule has 0 spiro atoms. The van der Waals surface area contributed by atoms with Crippen LogP contribution in [0.3, 0.4) is 0 Å². The lowest BCUT2D eigenvalue weighted by atomic mass is 9.92. The molecule has 0 bridgehead atoms. The largest absolute Gasteiger partial charge is 0.507 e. The second-order valence-electron chi connectivity index (χ2n) is 9.03. The van der Waals surface area contributed by atoms with Crippen LogP contribution in [-0.2, 0) is 9.59 Å². The topological polar surface area (TPSA) is 98.2 Å². The minimum absolute atomic E-state index is 0.0284. The van der Waals surface area contributed by atoms with Crippen molar-refractivity contribution in [3.63, 3.8) is 0 Å².